The van der Waals surface area contributed by atoms with Crippen LogP contribution in [-0.4, -0.2) is 50.1 Å². The molecule has 0 radical (unpaired) electrons. The minimum Gasteiger partial charge on any atom is -0.497 e. The third kappa shape index (κ3) is 5.11. The molecule has 2 aliphatic rings. The monoisotopic (exact) mass is 473 g/mol. The summed E-state index contributed by atoms with van der Waals surface area (Å²) in [5.74, 6) is -0.933. The topological polar surface area (TPSA) is 90.9 Å². The van der Waals surface area contributed by atoms with Gasteiger partial charge in [0.1, 0.15) is 18.3 Å². The van der Waals surface area contributed by atoms with Gasteiger partial charge in [0.05, 0.1) is 19.8 Å². The van der Waals surface area contributed by atoms with Crippen LogP contribution in [-0.2, 0) is 23.9 Å². The lowest BCUT2D eigenvalue weighted by Crippen LogP contribution is -2.43. The number of methoxy groups -OCH3 is 2. The normalized spacial score (nSPS) is 22.5. The van der Waals surface area contributed by atoms with Crippen LogP contribution in [0.3, 0.4) is 0 Å². The number of rotatable bonds is 8. The molecule has 0 fully saturated rings. The zero-order valence-corrected chi connectivity index (χ0v) is 20.5. The van der Waals surface area contributed by atoms with E-state index in [2.05, 4.69) is 5.32 Å². The average molecular weight is 474 g/mol. The van der Waals surface area contributed by atoms with Crippen molar-refractivity contribution in [2.45, 2.75) is 33.1 Å². The number of nitrogens with one attached hydrogen (secondary N) is 1. The Hall–Kier alpha value is -2.74. The van der Waals surface area contributed by atoms with Crippen LogP contribution in [0.2, 0.25) is 0 Å². The largest absolute Gasteiger partial charge is 0.497 e. The highest BCUT2D eigenvalue weighted by molar-refractivity contribution is 7.99. The van der Waals surface area contributed by atoms with Crippen LogP contribution in [0.15, 0.2) is 46.8 Å². The molecule has 0 amide bonds. The summed E-state index contributed by atoms with van der Waals surface area (Å²) >= 11 is 1.68. The van der Waals surface area contributed by atoms with Crippen LogP contribution in [0, 0.1) is 11.8 Å². The number of ether oxygens (including phenoxy) is 3. The first-order valence-corrected chi connectivity index (χ1v) is 12.2. The van der Waals surface area contributed by atoms with E-state index in [1.54, 1.807) is 24.9 Å². The molecule has 8 heteroatoms. The van der Waals surface area contributed by atoms with E-state index in [-0.39, 0.29) is 18.3 Å². The Kier molecular flexibility index (Phi) is 8.24. The summed E-state index contributed by atoms with van der Waals surface area (Å²) in [5.41, 5.74) is 2.89. The van der Waals surface area contributed by atoms with Gasteiger partial charge in [-0.2, -0.15) is 11.8 Å². The molecular formula is C25H31NO6S. The highest BCUT2D eigenvalue weighted by atomic mass is 32.2. The molecule has 3 atom stereocenters. The molecular weight excluding hydrogens is 442 g/mol. The third-order valence-electron chi connectivity index (χ3n) is 6.06. The van der Waals surface area contributed by atoms with Gasteiger partial charge in [-0.3, -0.25) is 9.59 Å². The lowest BCUT2D eigenvalue weighted by Gasteiger charge is -2.38. The van der Waals surface area contributed by atoms with Crippen LogP contribution in [0.5, 0.6) is 5.75 Å². The van der Waals surface area contributed by atoms with Crippen LogP contribution < -0.4 is 10.1 Å². The van der Waals surface area contributed by atoms with Crippen molar-refractivity contribution in [3.05, 3.63) is 52.4 Å². The Morgan fingerprint density at radius 2 is 2.00 bits per heavy atom. The van der Waals surface area contributed by atoms with E-state index in [9.17, 15) is 14.4 Å². The molecule has 1 heterocycles. The summed E-state index contributed by atoms with van der Waals surface area (Å²) in [5, 5.41) is 3.27. The van der Waals surface area contributed by atoms with Gasteiger partial charge in [-0.25, -0.2) is 4.79 Å². The van der Waals surface area contributed by atoms with Gasteiger partial charge in [0.2, 0.25) is 0 Å². The Bertz CT molecular complexity index is 998. The second-order valence-electron chi connectivity index (χ2n) is 8.14. The molecule has 1 N–H and O–H groups in total. The second kappa shape index (κ2) is 10.9. The first kappa shape index (κ1) is 24.9. The Balaban J connectivity index is 2.09. The highest BCUT2D eigenvalue weighted by Crippen LogP contribution is 2.45. The van der Waals surface area contributed by atoms with Gasteiger partial charge in [-0.15, -0.1) is 0 Å². The number of thioether (sulfide) groups is 1. The maximum Gasteiger partial charge on any atom is 0.336 e. The first-order valence-electron chi connectivity index (χ1n) is 11.1. The minimum atomic E-state index is -0.916. The Morgan fingerprint density at radius 3 is 2.67 bits per heavy atom. The van der Waals surface area contributed by atoms with E-state index in [0.29, 0.717) is 34.8 Å². The van der Waals surface area contributed by atoms with Crippen molar-refractivity contribution in [2.24, 2.45) is 11.8 Å². The molecule has 0 spiro atoms. The number of esters is 2. The number of carbonyl (C=O) groups excluding carboxylic acids is 3. The number of benzene rings is 1. The van der Waals surface area contributed by atoms with E-state index in [1.807, 2.05) is 39.0 Å². The lowest BCUT2D eigenvalue weighted by atomic mass is 9.69. The molecule has 0 saturated carbocycles. The van der Waals surface area contributed by atoms with Gasteiger partial charge < -0.3 is 19.5 Å². The van der Waals surface area contributed by atoms with E-state index >= 15 is 0 Å². The second-order valence-corrected chi connectivity index (χ2v) is 9.54. The fraction of sp³-hybridized carbons (Fsp3) is 0.480. The van der Waals surface area contributed by atoms with Gasteiger partial charge in [-0.1, -0.05) is 26.0 Å². The molecule has 0 unspecified atom stereocenters. The summed E-state index contributed by atoms with van der Waals surface area (Å²) in [6.45, 7) is 6.00. The van der Waals surface area contributed by atoms with E-state index < -0.39 is 23.8 Å². The molecule has 1 aliphatic heterocycles. The van der Waals surface area contributed by atoms with Crippen LogP contribution in [0.4, 0.5) is 0 Å². The van der Waals surface area contributed by atoms with Crippen molar-refractivity contribution in [1.29, 1.82) is 0 Å². The average Bonchev–Trinajstić information content (AvgIpc) is 2.80. The Labute approximate surface area is 198 Å². The van der Waals surface area contributed by atoms with Crippen LogP contribution in [0.1, 0.15) is 38.7 Å². The van der Waals surface area contributed by atoms with Crippen molar-refractivity contribution < 1.29 is 28.6 Å². The number of hydrogen-bond donors (Lipinski definition) is 1. The first-order chi connectivity index (χ1) is 15.8. The summed E-state index contributed by atoms with van der Waals surface area (Å²) in [6.07, 6.45) is 0.494. The SMILES string of the molecule is CCSCCOC(=O)C1=C(C)NC2=C(C(=O)[C@@H](C(=O)OC)[C@H](C)C2)[C@@H]1c1cccc(OC)c1. The van der Waals surface area contributed by atoms with Crippen molar-refractivity contribution in [3.63, 3.8) is 0 Å². The maximum atomic E-state index is 13.7. The molecule has 1 aliphatic carbocycles. The van der Waals surface area contributed by atoms with Crippen molar-refractivity contribution in [3.8, 4) is 5.75 Å². The molecule has 0 bridgehead atoms. The maximum absolute atomic E-state index is 13.7. The fourth-order valence-electron chi connectivity index (χ4n) is 4.52. The van der Waals surface area contributed by atoms with E-state index in [4.69, 9.17) is 14.2 Å². The predicted molar refractivity (Wildman–Crippen MR) is 127 cm³/mol. The summed E-state index contributed by atoms with van der Waals surface area (Å²) < 4.78 is 15.9. The van der Waals surface area contributed by atoms with Crippen molar-refractivity contribution in [2.75, 3.05) is 32.3 Å². The quantitative estimate of drug-likeness (QED) is 0.348. The van der Waals surface area contributed by atoms with Gasteiger partial charge in [0.25, 0.3) is 0 Å². The summed E-state index contributed by atoms with van der Waals surface area (Å²) in [6, 6.07) is 7.29. The number of ketones is 1. The predicted octanol–water partition coefficient (Wildman–Crippen LogP) is 3.60. The standard InChI is InChI=1S/C25H31NO6S/c1-6-33-11-10-32-25(29)20-15(3)26-18-12-14(2)19(24(28)31-5)23(27)22(18)21(20)16-8-7-9-17(13-16)30-4/h7-9,13-14,19,21,26H,6,10-12H2,1-5H3/t14-,19+,21-/m1/s1. The number of hydrogen-bond acceptors (Lipinski definition) is 8. The zero-order chi connectivity index (χ0) is 24.1. The fourth-order valence-corrected chi connectivity index (χ4v) is 5.01. The van der Waals surface area contributed by atoms with Crippen LogP contribution in [0.25, 0.3) is 0 Å². The van der Waals surface area contributed by atoms with E-state index in [0.717, 1.165) is 17.0 Å². The molecule has 178 valence electrons. The molecule has 1 aromatic carbocycles. The third-order valence-corrected chi connectivity index (χ3v) is 6.92. The molecule has 1 aromatic rings. The number of dihydropyridines is 1. The summed E-state index contributed by atoms with van der Waals surface area (Å²) in [4.78, 5) is 39.4. The number of Topliss-reactive ketones (excluding diaryl/α,β-unsaturated/α-hetero) is 1. The van der Waals surface area contributed by atoms with Crippen molar-refractivity contribution in [1.82, 2.24) is 5.32 Å². The number of allylic oxidation sites excluding steroid dienone is 3. The summed E-state index contributed by atoms with van der Waals surface area (Å²) in [7, 11) is 2.85. The van der Waals surface area contributed by atoms with Gasteiger partial charge in [0, 0.05) is 28.6 Å². The van der Waals surface area contributed by atoms with E-state index in [1.165, 1.54) is 7.11 Å². The molecule has 0 saturated heterocycles. The Morgan fingerprint density at radius 1 is 1.24 bits per heavy atom. The molecule has 3 rings (SSSR count). The smallest absolute Gasteiger partial charge is 0.336 e. The van der Waals surface area contributed by atoms with Gasteiger partial charge >= 0.3 is 11.9 Å². The molecule has 33 heavy (non-hydrogen) atoms. The van der Waals surface area contributed by atoms with Gasteiger partial charge in [-0.05, 0) is 42.7 Å². The van der Waals surface area contributed by atoms with Gasteiger partial charge in [0.15, 0.2) is 5.78 Å². The molecule has 0 aromatic heterocycles. The minimum absolute atomic E-state index is 0.227. The van der Waals surface area contributed by atoms with Crippen molar-refractivity contribution >= 4 is 29.5 Å². The lowest BCUT2D eigenvalue weighted by molar-refractivity contribution is -0.151. The van der Waals surface area contributed by atoms with Crippen LogP contribution >= 0.6 is 11.8 Å². The molecule has 7 nitrogen and oxygen atoms in total. The highest BCUT2D eigenvalue weighted by Gasteiger charge is 2.47. The number of carbonyl (C=O) groups is 3. The zero-order valence-electron chi connectivity index (χ0n) is 19.7.